The molecule has 0 N–H and O–H groups in total. The predicted octanol–water partition coefficient (Wildman–Crippen LogP) is 4.86. The lowest BCUT2D eigenvalue weighted by Gasteiger charge is -2.54. The average Bonchev–Trinajstić information content (AvgIpc) is 3.10. The highest BCUT2D eigenvalue weighted by atomic mass is 16.6. The number of amides is 2. The van der Waals surface area contributed by atoms with Gasteiger partial charge in [-0.05, 0) is 41.7 Å². The molecule has 1 saturated heterocycles. The van der Waals surface area contributed by atoms with Crippen LogP contribution < -0.4 is 4.90 Å². The third kappa shape index (κ3) is 2.28. The molecule has 0 spiro atoms. The largest absolute Gasteiger partial charge is 0.274 e. The van der Waals surface area contributed by atoms with Crippen molar-refractivity contribution in [2.45, 2.75) is 31.6 Å². The molecule has 6 nitrogen and oxygen atoms in total. The van der Waals surface area contributed by atoms with Gasteiger partial charge in [-0.25, -0.2) is 4.90 Å². The lowest BCUT2D eigenvalue weighted by Crippen LogP contribution is -2.53. The van der Waals surface area contributed by atoms with E-state index in [0.29, 0.717) is 12.0 Å². The first-order valence-corrected chi connectivity index (χ1v) is 11.2. The van der Waals surface area contributed by atoms with Gasteiger partial charge in [-0.2, -0.15) is 0 Å². The molecule has 6 heteroatoms. The fraction of sp³-hybridized carbons (Fsp3) is 0.259. The second-order valence-corrected chi connectivity index (χ2v) is 9.22. The Morgan fingerprint density at radius 1 is 0.939 bits per heavy atom. The zero-order valence-corrected chi connectivity index (χ0v) is 18.3. The summed E-state index contributed by atoms with van der Waals surface area (Å²) in [5.41, 5.74) is 4.52. The summed E-state index contributed by atoms with van der Waals surface area (Å²) in [4.78, 5) is 40.2. The predicted molar refractivity (Wildman–Crippen MR) is 123 cm³/mol. The van der Waals surface area contributed by atoms with Crippen LogP contribution in [0.3, 0.4) is 0 Å². The fourth-order valence-corrected chi connectivity index (χ4v) is 6.72. The Bertz CT molecular complexity index is 1330. The topological polar surface area (TPSA) is 80.5 Å². The van der Waals surface area contributed by atoms with Crippen LogP contribution in [0.2, 0.25) is 0 Å². The second-order valence-electron chi connectivity index (χ2n) is 9.22. The van der Waals surface area contributed by atoms with Crippen molar-refractivity contribution < 1.29 is 14.5 Å². The maximum Gasteiger partial charge on any atom is 0.274 e. The van der Waals surface area contributed by atoms with E-state index in [1.807, 2.05) is 24.3 Å². The van der Waals surface area contributed by atoms with Crippen molar-refractivity contribution in [3.8, 4) is 0 Å². The standard InChI is InChI=1S/C27H22N2O4/c1-3-27-19-10-6-4-8-17(19)22(18-9-5-7-11-20(18)27)23-24(27)26(31)28(25(23)30)16-13-12-15(2)21(14-16)29(32)33/h4-14,22-24H,3H2,1-2H3/t22?,23-,24+,27?/m1/s1. The minimum Gasteiger partial charge on any atom is -0.274 e. The molecular weight excluding hydrogens is 416 g/mol. The molecule has 0 aromatic heterocycles. The Morgan fingerprint density at radius 3 is 2.12 bits per heavy atom. The first kappa shape index (κ1) is 19.9. The van der Waals surface area contributed by atoms with Crippen LogP contribution in [0.1, 0.15) is 47.1 Å². The van der Waals surface area contributed by atoms with Crippen LogP contribution in [0.15, 0.2) is 66.7 Å². The quantitative estimate of drug-likeness (QED) is 0.332. The summed E-state index contributed by atoms with van der Waals surface area (Å²) in [5.74, 6) is -1.81. The van der Waals surface area contributed by atoms with E-state index >= 15 is 0 Å². The van der Waals surface area contributed by atoms with Crippen LogP contribution in [0, 0.1) is 28.9 Å². The van der Waals surface area contributed by atoms with Crippen molar-refractivity contribution in [2.24, 2.45) is 11.8 Å². The molecule has 0 radical (unpaired) electrons. The number of carbonyl (C=O) groups is 2. The maximum atomic E-state index is 14.0. The van der Waals surface area contributed by atoms with Gasteiger partial charge in [0.05, 0.1) is 22.4 Å². The maximum absolute atomic E-state index is 14.0. The van der Waals surface area contributed by atoms with Crippen molar-refractivity contribution in [2.75, 3.05) is 4.90 Å². The molecule has 1 heterocycles. The SMILES string of the molecule is CCC12c3ccccc3C(c3ccccc31)[C@H]1C(=O)N(c3ccc(C)c([N+](=O)[O-])c3)C(=O)[C@H]12. The van der Waals surface area contributed by atoms with Crippen LogP contribution in [-0.4, -0.2) is 16.7 Å². The van der Waals surface area contributed by atoms with E-state index in [0.717, 1.165) is 22.3 Å². The minimum atomic E-state index is -0.606. The molecule has 2 bridgehead atoms. The molecule has 0 saturated carbocycles. The number of carbonyl (C=O) groups excluding carboxylic acids is 2. The van der Waals surface area contributed by atoms with Gasteiger partial charge in [-0.1, -0.05) is 61.5 Å². The summed E-state index contributed by atoms with van der Waals surface area (Å²) >= 11 is 0. The van der Waals surface area contributed by atoms with Crippen molar-refractivity contribution >= 4 is 23.2 Å². The first-order chi connectivity index (χ1) is 15.9. The summed E-state index contributed by atoms with van der Waals surface area (Å²) in [6.45, 7) is 3.72. The number of benzene rings is 3. The first-order valence-electron chi connectivity index (χ1n) is 11.2. The van der Waals surface area contributed by atoms with E-state index in [2.05, 4.69) is 31.2 Å². The van der Waals surface area contributed by atoms with Crippen LogP contribution in [-0.2, 0) is 15.0 Å². The normalized spacial score (nSPS) is 26.7. The number of imide groups is 1. The molecule has 3 aromatic carbocycles. The van der Waals surface area contributed by atoms with Crippen molar-refractivity contribution in [3.05, 3.63) is 105 Å². The zero-order chi connectivity index (χ0) is 23.1. The summed E-state index contributed by atoms with van der Waals surface area (Å²) in [6.07, 6.45) is 0.676. The number of nitrogens with zero attached hydrogens (tertiary/aromatic N) is 2. The van der Waals surface area contributed by atoms with Gasteiger partial charge in [0, 0.05) is 23.0 Å². The van der Waals surface area contributed by atoms with E-state index < -0.39 is 22.2 Å². The van der Waals surface area contributed by atoms with Crippen LogP contribution in [0.25, 0.3) is 0 Å². The monoisotopic (exact) mass is 438 g/mol. The Hall–Kier alpha value is -3.80. The molecule has 3 aliphatic carbocycles. The molecule has 3 aromatic rings. The highest BCUT2D eigenvalue weighted by Gasteiger charge is 2.67. The lowest BCUT2D eigenvalue weighted by molar-refractivity contribution is -0.385. The number of nitro groups is 1. The van der Waals surface area contributed by atoms with Gasteiger partial charge < -0.3 is 0 Å². The van der Waals surface area contributed by atoms with Gasteiger partial charge in [0.2, 0.25) is 11.8 Å². The van der Waals surface area contributed by atoms with Crippen molar-refractivity contribution in [1.29, 1.82) is 0 Å². The summed E-state index contributed by atoms with van der Waals surface area (Å²) in [6, 6.07) is 20.9. The van der Waals surface area contributed by atoms with E-state index in [1.54, 1.807) is 19.1 Å². The van der Waals surface area contributed by atoms with E-state index in [4.69, 9.17) is 0 Å². The fourth-order valence-electron chi connectivity index (χ4n) is 6.72. The molecule has 7 rings (SSSR count). The summed E-state index contributed by atoms with van der Waals surface area (Å²) < 4.78 is 0. The van der Waals surface area contributed by atoms with Gasteiger partial charge in [0.25, 0.3) is 5.69 Å². The molecule has 2 atom stereocenters. The minimum absolute atomic E-state index is 0.0947. The number of hydrogen-bond donors (Lipinski definition) is 0. The van der Waals surface area contributed by atoms with Gasteiger partial charge in [0.1, 0.15) is 0 Å². The number of anilines is 1. The van der Waals surface area contributed by atoms with Gasteiger partial charge >= 0.3 is 0 Å². The molecule has 2 amide bonds. The van der Waals surface area contributed by atoms with Crippen LogP contribution in [0.5, 0.6) is 0 Å². The third-order valence-corrected chi connectivity index (χ3v) is 8.00. The molecule has 33 heavy (non-hydrogen) atoms. The molecule has 1 aliphatic heterocycles. The molecule has 4 aliphatic rings. The Labute approximate surface area is 191 Å². The Morgan fingerprint density at radius 2 is 1.55 bits per heavy atom. The highest BCUT2D eigenvalue weighted by molar-refractivity contribution is 6.24. The smallest absolute Gasteiger partial charge is 0.274 e. The molecule has 164 valence electrons. The lowest BCUT2D eigenvalue weighted by atomic mass is 9.46. The Kier molecular flexibility index (Phi) is 3.97. The number of rotatable bonds is 3. The summed E-state index contributed by atoms with van der Waals surface area (Å²) in [7, 11) is 0. The van der Waals surface area contributed by atoms with Gasteiger partial charge in [0.15, 0.2) is 0 Å². The number of nitro benzene ring substituents is 1. The van der Waals surface area contributed by atoms with E-state index in [1.165, 1.54) is 11.0 Å². The summed E-state index contributed by atoms with van der Waals surface area (Å²) in [5, 5.41) is 11.5. The third-order valence-electron chi connectivity index (χ3n) is 8.00. The number of aryl methyl sites for hydroxylation is 1. The van der Waals surface area contributed by atoms with Gasteiger partial charge in [-0.15, -0.1) is 0 Å². The Balaban J connectivity index is 1.60. The van der Waals surface area contributed by atoms with E-state index in [-0.39, 0.29) is 29.1 Å². The molecule has 0 unspecified atom stereocenters. The number of hydrogen-bond acceptors (Lipinski definition) is 4. The molecular formula is C27H22N2O4. The van der Waals surface area contributed by atoms with Crippen LogP contribution >= 0.6 is 0 Å². The molecule has 1 fully saturated rings. The highest BCUT2D eigenvalue weighted by Crippen LogP contribution is 2.65. The van der Waals surface area contributed by atoms with Crippen LogP contribution in [0.4, 0.5) is 11.4 Å². The van der Waals surface area contributed by atoms with Gasteiger partial charge in [-0.3, -0.25) is 19.7 Å². The average molecular weight is 438 g/mol. The second kappa shape index (κ2) is 6.61. The van der Waals surface area contributed by atoms with E-state index in [9.17, 15) is 19.7 Å². The van der Waals surface area contributed by atoms with Crippen molar-refractivity contribution in [3.63, 3.8) is 0 Å². The van der Waals surface area contributed by atoms with Crippen molar-refractivity contribution in [1.82, 2.24) is 0 Å². The zero-order valence-electron chi connectivity index (χ0n) is 18.3.